The number of anilines is 1. The zero-order valence-electron chi connectivity index (χ0n) is 21.3. The van der Waals surface area contributed by atoms with Gasteiger partial charge in [0.25, 0.3) is 5.91 Å². The molecular formula is C30H25FN6O2. The van der Waals surface area contributed by atoms with Crippen molar-refractivity contribution in [2.75, 3.05) is 4.90 Å². The molecule has 194 valence electrons. The van der Waals surface area contributed by atoms with Crippen LogP contribution in [0.15, 0.2) is 91.4 Å². The van der Waals surface area contributed by atoms with Crippen LogP contribution in [-0.2, 0) is 4.79 Å². The number of nitrogens with one attached hydrogen (secondary N) is 1. The van der Waals surface area contributed by atoms with Crippen molar-refractivity contribution >= 4 is 28.4 Å². The van der Waals surface area contributed by atoms with Crippen LogP contribution in [0.1, 0.15) is 34.7 Å². The number of amides is 2. The first-order chi connectivity index (χ1) is 18.9. The summed E-state index contributed by atoms with van der Waals surface area (Å²) in [6.07, 6.45) is 4.74. The Labute approximate surface area is 224 Å². The molecule has 39 heavy (non-hydrogen) atoms. The average molecular weight is 521 g/mol. The number of carbonyl (C=O) groups is 2. The van der Waals surface area contributed by atoms with Gasteiger partial charge in [-0.3, -0.25) is 9.59 Å². The largest absolute Gasteiger partial charge is 0.343 e. The van der Waals surface area contributed by atoms with Crippen molar-refractivity contribution in [1.82, 2.24) is 25.1 Å². The Kier molecular flexibility index (Phi) is 6.11. The summed E-state index contributed by atoms with van der Waals surface area (Å²) < 4.78 is 15.2. The Morgan fingerprint density at radius 1 is 0.949 bits per heavy atom. The van der Waals surface area contributed by atoms with Crippen molar-refractivity contribution in [3.8, 4) is 5.69 Å². The predicted octanol–water partition coefficient (Wildman–Crippen LogP) is 4.79. The summed E-state index contributed by atoms with van der Waals surface area (Å²) in [6.45, 7) is 3.82. The van der Waals surface area contributed by atoms with Crippen LogP contribution in [0.2, 0.25) is 0 Å². The maximum Gasteiger partial charge on any atom is 0.289 e. The van der Waals surface area contributed by atoms with Crippen LogP contribution in [0.25, 0.3) is 16.6 Å². The number of halogens is 1. The lowest BCUT2D eigenvalue weighted by Crippen LogP contribution is -2.42. The molecule has 3 atom stereocenters. The highest BCUT2D eigenvalue weighted by atomic mass is 19.1. The fourth-order valence-electron chi connectivity index (χ4n) is 5.24. The molecule has 2 aromatic heterocycles. The minimum atomic E-state index is -0.520. The zero-order valence-corrected chi connectivity index (χ0v) is 21.3. The Morgan fingerprint density at radius 2 is 1.69 bits per heavy atom. The SMILES string of the molecule is Cc1cccc([C@@H]2[C@@H](NC(=O)c3ncccn3)[C@H](C)C(=O)N2c2ccc3c(cnn3-c3ccc(F)cc3)c2)c1. The van der Waals surface area contributed by atoms with Crippen molar-refractivity contribution in [3.05, 3.63) is 114 Å². The highest BCUT2D eigenvalue weighted by Gasteiger charge is 2.48. The normalized spacial score (nSPS) is 19.0. The van der Waals surface area contributed by atoms with E-state index in [1.807, 2.05) is 56.3 Å². The minimum Gasteiger partial charge on any atom is -0.343 e. The molecule has 0 radical (unpaired) electrons. The summed E-state index contributed by atoms with van der Waals surface area (Å²) in [5.74, 6) is -1.31. The first-order valence-corrected chi connectivity index (χ1v) is 12.6. The van der Waals surface area contributed by atoms with Gasteiger partial charge in [-0.25, -0.2) is 19.0 Å². The van der Waals surface area contributed by atoms with Crippen LogP contribution < -0.4 is 10.2 Å². The Bertz CT molecular complexity index is 1690. The van der Waals surface area contributed by atoms with Gasteiger partial charge in [-0.05, 0) is 61.0 Å². The standard InChI is InChI=1S/C30H25FN6O2/c1-18-5-3-6-20(15-18)27-26(35-29(38)28-32-13-4-14-33-28)19(2)30(39)36(27)24-11-12-25-21(16-24)17-34-37(25)23-9-7-22(31)8-10-23/h3-17,19,26-27H,1-2H3,(H,35,38)/t19-,26-,27+/m0/s1. The molecule has 3 aromatic carbocycles. The number of nitrogens with zero attached hydrogens (tertiary/aromatic N) is 5. The molecule has 5 aromatic rings. The van der Waals surface area contributed by atoms with Crippen LogP contribution in [0.3, 0.4) is 0 Å². The summed E-state index contributed by atoms with van der Waals surface area (Å²) in [5.41, 5.74) is 4.20. The third-order valence-electron chi connectivity index (χ3n) is 7.14. The van der Waals surface area contributed by atoms with Gasteiger partial charge in [-0.1, -0.05) is 36.8 Å². The lowest BCUT2D eigenvalue weighted by Gasteiger charge is -2.29. The molecule has 0 spiro atoms. The molecule has 1 N–H and O–H groups in total. The van der Waals surface area contributed by atoms with E-state index in [9.17, 15) is 14.0 Å². The van der Waals surface area contributed by atoms with E-state index in [4.69, 9.17) is 0 Å². The van der Waals surface area contributed by atoms with Crippen molar-refractivity contribution in [1.29, 1.82) is 0 Å². The number of benzene rings is 3. The van der Waals surface area contributed by atoms with E-state index in [1.54, 1.807) is 34.0 Å². The number of aromatic nitrogens is 4. The third kappa shape index (κ3) is 4.41. The average Bonchev–Trinajstić information content (AvgIpc) is 3.48. The van der Waals surface area contributed by atoms with E-state index in [2.05, 4.69) is 20.4 Å². The molecule has 0 saturated carbocycles. The summed E-state index contributed by atoms with van der Waals surface area (Å²) in [7, 11) is 0. The molecule has 1 fully saturated rings. The smallest absolute Gasteiger partial charge is 0.289 e. The first-order valence-electron chi connectivity index (χ1n) is 12.6. The van der Waals surface area contributed by atoms with E-state index in [-0.39, 0.29) is 17.5 Å². The molecule has 1 saturated heterocycles. The van der Waals surface area contributed by atoms with Gasteiger partial charge in [-0.2, -0.15) is 5.10 Å². The van der Waals surface area contributed by atoms with E-state index >= 15 is 0 Å². The third-order valence-corrected chi connectivity index (χ3v) is 7.14. The summed E-state index contributed by atoms with van der Waals surface area (Å²) in [6, 6.07) is 20.4. The topological polar surface area (TPSA) is 93.0 Å². The Morgan fingerprint density at radius 3 is 2.44 bits per heavy atom. The van der Waals surface area contributed by atoms with Gasteiger partial charge in [0.15, 0.2) is 0 Å². The second-order valence-corrected chi connectivity index (χ2v) is 9.70. The molecule has 0 bridgehead atoms. The first kappa shape index (κ1) is 24.4. The molecule has 0 aliphatic carbocycles. The molecule has 2 amide bonds. The van der Waals surface area contributed by atoms with Gasteiger partial charge < -0.3 is 10.2 Å². The number of carbonyl (C=O) groups excluding carboxylic acids is 2. The maximum absolute atomic E-state index is 13.8. The quantitative estimate of drug-likeness (QED) is 0.360. The molecule has 8 nitrogen and oxygen atoms in total. The van der Waals surface area contributed by atoms with Gasteiger partial charge in [0.05, 0.1) is 35.4 Å². The molecule has 0 unspecified atom stereocenters. The van der Waals surface area contributed by atoms with Crippen molar-refractivity contribution < 1.29 is 14.0 Å². The second kappa shape index (κ2) is 9.75. The van der Waals surface area contributed by atoms with Crippen LogP contribution >= 0.6 is 0 Å². The van der Waals surface area contributed by atoms with Crippen molar-refractivity contribution in [3.63, 3.8) is 0 Å². The van der Waals surface area contributed by atoms with E-state index in [1.165, 1.54) is 24.5 Å². The summed E-state index contributed by atoms with van der Waals surface area (Å²) >= 11 is 0. The number of rotatable bonds is 5. The fourth-order valence-corrected chi connectivity index (χ4v) is 5.24. The molecular weight excluding hydrogens is 495 g/mol. The van der Waals surface area contributed by atoms with E-state index in [0.29, 0.717) is 5.69 Å². The minimum absolute atomic E-state index is 0.0493. The van der Waals surface area contributed by atoms with Crippen molar-refractivity contribution in [2.45, 2.75) is 25.9 Å². The van der Waals surface area contributed by atoms with E-state index in [0.717, 1.165) is 27.7 Å². The highest BCUT2D eigenvalue weighted by Crippen LogP contribution is 2.41. The van der Waals surface area contributed by atoms with Crippen LogP contribution in [0.5, 0.6) is 0 Å². The van der Waals surface area contributed by atoms with Crippen LogP contribution in [0, 0.1) is 18.7 Å². The lowest BCUT2D eigenvalue weighted by atomic mass is 9.93. The molecule has 6 rings (SSSR count). The fraction of sp³-hybridized carbons (Fsp3) is 0.167. The van der Waals surface area contributed by atoms with Gasteiger partial charge in [0, 0.05) is 23.5 Å². The van der Waals surface area contributed by atoms with Gasteiger partial charge in [-0.15, -0.1) is 0 Å². The lowest BCUT2D eigenvalue weighted by molar-refractivity contribution is -0.120. The van der Waals surface area contributed by atoms with E-state index < -0.39 is 23.9 Å². The van der Waals surface area contributed by atoms with Gasteiger partial charge in [0.2, 0.25) is 11.7 Å². The summed E-state index contributed by atoms with van der Waals surface area (Å²) in [5, 5.41) is 8.35. The number of fused-ring (bicyclic) bond motifs is 1. The number of aryl methyl sites for hydroxylation is 1. The van der Waals surface area contributed by atoms with Gasteiger partial charge >= 0.3 is 0 Å². The highest BCUT2D eigenvalue weighted by molar-refractivity contribution is 6.02. The number of hydrogen-bond donors (Lipinski definition) is 1. The molecule has 3 heterocycles. The summed E-state index contributed by atoms with van der Waals surface area (Å²) in [4.78, 5) is 36.7. The Balaban J connectivity index is 1.41. The predicted molar refractivity (Wildman–Crippen MR) is 145 cm³/mol. The molecule has 1 aliphatic rings. The monoisotopic (exact) mass is 520 g/mol. The van der Waals surface area contributed by atoms with Crippen LogP contribution in [0.4, 0.5) is 10.1 Å². The maximum atomic E-state index is 13.8. The Hall–Kier alpha value is -4.92. The van der Waals surface area contributed by atoms with Crippen LogP contribution in [-0.4, -0.2) is 37.6 Å². The molecule has 9 heteroatoms. The zero-order chi connectivity index (χ0) is 27.1. The van der Waals surface area contributed by atoms with Gasteiger partial charge in [0.1, 0.15) is 5.82 Å². The van der Waals surface area contributed by atoms with Crippen molar-refractivity contribution in [2.24, 2.45) is 5.92 Å². The number of hydrogen-bond acceptors (Lipinski definition) is 5. The second-order valence-electron chi connectivity index (χ2n) is 9.70. The molecule has 1 aliphatic heterocycles.